The van der Waals surface area contributed by atoms with Gasteiger partial charge in [0.2, 0.25) is 12.1 Å². The molecule has 0 saturated carbocycles. The first kappa shape index (κ1) is 30.5. The van der Waals surface area contributed by atoms with Crippen LogP contribution in [-0.2, 0) is 20.7 Å². The Labute approximate surface area is 261 Å². The maximum atomic E-state index is 12.8. The van der Waals surface area contributed by atoms with E-state index in [1.165, 1.54) is 13.4 Å². The molecule has 0 aliphatic heterocycles. The summed E-state index contributed by atoms with van der Waals surface area (Å²) in [6, 6.07) is 36.4. The molecular formula is C36H33N5O4. The van der Waals surface area contributed by atoms with E-state index in [0.29, 0.717) is 35.5 Å². The highest BCUT2D eigenvalue weighted by Crippen LogP contribution is 2.42. The van der Waals surface area contributed by atoms with Crippen molar-refractivity contribution in [2.24, 2.45) is 0 Å². The van der Waals surface area contributed by atoms with Gasteiger partial charge in [-0.3, -0.25) is 4.79 Å². The third-order valence-electron chi connectivity index (χ3n) is 7.07. The molecule has 6 aromatic rings. The Morgan fingerprint density at radius 1 is 0.822 bits per heavy atom. The fourth-order valence-electron chi connectivity index (χ4n) is 4.86. The number of anilines is 3. The van der Waals surface area contributed by atoms with Crippen molar-refractivity contribution in [2.45, 2.75) is 12.5 Å². The number of furan rings is 1. The summed E-state index contributed by atoms with van der Waals surface area (Å²) in [5, 5.41) is 9.66. The lowest BCUT2D eigenvalue weighted by atomic mass is 9.99. The summed E-state index contributed by atoms with van der Waals surface area (Å²) < 4.78 is 11.4. The highest BCUT2D eigenvalue weighted by atomic mass is 16.5. The highest BCUT2D eigenvalue weighted by Gasteiger charge is 2.26. The molecule has 2 heterocycles. The molecular weight excluding hydrogens is 566 g/mol. The molecule has 0 bridgehead atoms. The molecule has 0 saturated heterocycles. The number of nitrogens with zero attached hydrogens (tertiary/aromatic N) is 2. The lowest BCUT2D eigenvalue weighted by Gasteiger charge is -2.18. The van der Waals surface area contributed by atoms with Gasteiger partial charge in [-0.1, -0.05) is 91.0 Å². The van der Waals surface area contributed by atoms with Gasteiger partial charge in [-0.25, -0.2) is 14.8 Å². The SMILES string of the molecule is CNc1ccc(CC(Nc2ncnc3oc(-c4ccccc4)c(-c4ccccc4)c23)C(=O)OC)cc1.O=CNc1ccccc1. The average Bonchev–Trinajstić information content (AvgIpc) is 3.50. The molecule has 3 N–H and O–H groups in total. The first-order valence-corrected chi connectivity index (χ1v) is 14.4. The van der Waals surface area contributed by atoms with E-state index < -0.39 is 6.04 Å². The minimum Gasteiger partial charge on any atom is -0.467 e. The molecule has 0 aliphatic rings. The lowest BCUT2D eigenvalue weighted by Crippen LogP contribution is -2.33. The zero-order chi connectivity index (χ0) is 31.4. The van der Waals surface area contributed by atoms with E-state index in [9.17, 15) is 9.59 Å². The quantitative estimate of drug-likeness (QED) is 0.113. The highest BCUT2D eigenvalue weighted by molar-refractivity contribution is 6.06. The van der Waals surface area contributed by atoms with Crippen LogP contribution in [0.1, 0.15) is 5.56 Å². The van der Waals surface area contributed by atoms with Gasteiger partial charge in [-0.2, -0.15) is 0 Å². The number of carbonyl (C=O) groups excluding carboxylic acids is 2. The molecule has 0 radical (unpaired) electrons. The molecule has 1 amide bonds. The summed E-state index contributed by atoms with van der Waals surface area (Å²) in [6.07, 6.45) is 2.52. The van der Waals surface area contributed by atoms with Gasteiger partial charge in [0, 0.05) is 36.0 Å². The fourth-order valence-corrected chi connectivity index (χ4v) is 4.86. The standard InChI is InChI=1S/C29H26N4O3.C7H7NO/c1-30-22-15-13-19(14-16-22)17-23(29(34)35-2)33-27-25-24(20-9-5-3-6-10-20)26(21-11-7-4-8-12-21)36-28(25)32-18-31-27;9-6-8-7-4-2-1-3-5-7/h3-16,18,23,30H,17H2,1-2H3,(H,31,32,33);1-6H,(H,8,9). The van der Waals surface area contributed by atoms with E-state index >= 15 is 0 Å². The van der Waals surface area contributed by atoms with Crippen molar-refractivity contribution < 1.29 is 18.7 Å². The topological polar surface area (TPSA) is 118 Å². The summed E-state index contributed by atoms with van der Waals surface area (Å²) in [7, 11) is 3.25. The van der Waals surface area contributed by atoms with Gasteiger partial charge < -0.3 is 25.1 Å². The number of benzene rings is 4. The third-order valence-corrected chi connectivity index (χ3v) is 7.07. The molecule has 45 heavy (non-hydrogen) atoms. The van der Waals surface area contributed by atoms with E-state index in [1.807, 2.05) is 122 Å². The monoisotopic (exact) mass is 599 g/mol. The Morgan fingerprint density at radius 3 is 2.04 bits per heavy atom. The number of hydrogen-bond acceptors (Lipinski definition) is 8. The smallest absolute Gasteiger partial charge is 0.328 e. The van der Waals surface area contributed by atoms with Gasteiger partial charge in [0.25, 0.3) is 0 Å². The van der Waals surface area contributed by atoms with Gasteiger partial charge in [0.15, 0.2) is 0 Å². The number of ether oxygens (including phenoxy) is 1. The van der Waals surface area contributed by atoms with Crippen LogP contribution in [0.15, 0.2) is 126 Å². The van der Waals surface area contributed by atoms with Gasteiger partial charge in [-0.15, -0.1) is 0 Å². The predicted molar refractivity (Wildman–Crippen MR) is 178 cm³/mol. The molecule has 6 rings (SSSR count). The van der Waals surface area contributed by atoms with Crippen molar-refractivity contribution in [2.75, 3.05) is 30.1 Å². The number of aromatic nitrogens is 2. The first-order chi connectivity index (χ1) is 22.1. The van der Waals surface area contributed by atoms with E-state index in [0.717, 1.165) is 33.6 Å². The number of esters is 1. The van der Waals surface area contributed by atoms with Crippen LogP contribution in [0.4, 0.5) is 17.2 Å². The van der Waals surface area contributed by atoms with Crippen LogP contribution in [0.25, 0.3) is 33.6 Å². The largest absolute Gasteiger partial charge is 0.467 e. The minimum absolute atomic E-state index is 0.382. The summed E-state index contributed by atoms with van der Waals surface area (Å²) >= 11 is 0. The predicted octanol–water partition coefficient (Wildman–Crippen LogP) is 7.05. The Kier molecular flexibility index (Phi) is 10.1. The Bertz CT molecular complexity index is 1830. The molecule has 0 fully saturated rings. The van der Waals surface area contributed by atoms with E-state index in [4.69, 9.17) is 9.15 Å². The van der Waals surface area contributed by atoms with Crippen molar-refractivity contribution in [3.8, 4) is 22.5 Å². The number of nitrogens with one attached hydrogen (secondary N) is 3. The average molecular weight is 600 g/mol. The van der Waals surface area contributed by atoms with Crippen molar-refractivity contribution in [3.05, 3.63) is 127 Å². The van der Waals surface area contributed by atoms with Gasteiger partial charge in [0.05, 0.1) is 12.5 Å². The number of para-hydroxylation sites is 1. The zero-order valence-corrected chi connectivity index (χ0v) is 24.9. The van der Waals surface area contributed by atoms with Crippen LogP contribution in [0, 0.1) is 0 Å². The number of methoxy groups -OCH3 is 1. The molecule has 9 nitrogen and oxygen atoms in total. The molecule has 0 aliphatic carbocycles. The number of fused-ring (bicyclic) bond motifs is 1. The molecule has 1 unspecified atom stereocenters. The summed E-state index contributed by atoms with van der Waals surface area (Å²) in [6.45, 7) is 0. The van der Waals surface area contributed by atoms with Crippen LogP contribution >= 0.6 is 0 Å². The zero-order valence-electron chi connectivity index (χ0n) is 24.9. The van der Waals surface area contributed by atoms with Crippen molar-refractivity contribution in [1.82, 2.24) is 9.97 Å². The van der Waals surface area contributed by atoms with Crippen molar-refractivity contribution >= 4 is 40.7 Å². The second-order valence-corrected chi connectivity index (χ2v) is 9.94. The number of hydrogen-bond donors (Lipinski definition) is 3. The van der Waals surface area contributed by atoms with Crippen LogP contribution in [-0.4, -0.2) is 42.5 Å². The first-order valence-electron chi connectivity index (χ1n) is 14.4. The Balaban J connectivity index is 0.000000383. The molecule has 226 valence electrons. The van der Waals surface area contributed by atoms with Crippen molar-refractivity contribution in [3.63, 3.8) is 0 Å². The van der Waals surface area contributed by atoms with E-state index in [1.54, 1.807) is 0 Å². The Morgan fingerprint density at radius 2 is 1.44 bits per heavy atom. The van der Waals surface area contributed by atoms with E-state index in [-0.39, 0.29) is 5.97 Å². The third kappa shape index (κ3) is 7.52. The van der Waals surface area contributed by atoms with Gasteiger partial charge in [0.1, 0.15) is 23.9 Å². The van der Waals surface area contributed by atoms with Crippen LogP contribution < -0.4 is 16.0 Å². The fraction of sp³-hybridized carbons (Fsp3) is 0.111. The minimum atomic E-state index is -0.660. The lowest BCUT2D eigenvalue weighted by molar-refractivity contribution is -0.141. The van der Waals surface area contributed by atoms with Crippen LogP contribution in [0.5, 0.6) is 0 Å². The molecule has 4 aromatic carbocycles. The summed E-state index contributed by atoms with van der Waals surface area (Å²) in [5.74, 6) is 0.817. The normalized spacial score (nSPS) is 11.1. The molecule has 0 spiro atoms. The number of carbonyl (C=O) groups is 2. The number of amides is 1. The van der Waals surface area contributed by atoms with Gasteiger partial charge >= 0.3 is 5.97 Å². The molecule has 2 aromatic heterocycles. The van der Waals surface area contributed by atoms with E-state index in [2.05, 4.69) is 25.9 Å². The summed E-state index contributed by atoms with van der Waals surface area (Å²) in [4.78, 5) is 31.6. The number of rotatable bonds is 10. The van der Waals surface area contributed by atoms with Gasteiger partial charge in [-0.05, 0) is 35.4 Å². The van der Waals surface area contributed by atoms with Crippen molar-refractivity contribution in [1.29, 1.82) is 0 Å². The van der Waals surface area contributed by atoms with Crippen LogP contribution in [0.2, 0.25) is 0 Å². The molecule has 1 atom stereocenters. The second kappa shape index (κ2) is 15.0. The maximum Gasteiger partial charge on any atom is 0.328 e. The molecule has 9 heteroatoms. The summed E-state index contributed by atoms with van der Waals surface area (Å²) in [5.41, 5.74) is 6.00. The van der Waals surface area contributed by atoms with Crippen LogP contribution in [0.3, 0.4) is 0 Å². The second-order valence-electron chi connectivity index (χ2n) is 9.94. The maximum absolute atomic E-state index is 12.8. The Hall–Kier alpha value is -5.96.